The fraction of sp³-hybridized carbons (Fsp3) is 0. The summed E-state index contributed by atoms with van der Waals surface area (Å²) < 4.78 is 30.2. The Kier molecular flexibility index (Phi) is 1.61. The quantitative estimate of drug-likeness (QED) is 0.664. The maximum atomic E-state index is 10.7. The molecule has 6 heteroatoms. The van der Waals surface area contributed by atoms with Crippen LogP contribution in [0.2, 0.25) is 0 Å². The Balaban J connectivity index is 2.75. The van der Waals surface area contributed by atoms with Gasteiger partial charge in [0, 0.05) is 5.39 Å². The van der Waals surface area contributed by atoms with E-state index in [1.807, 2.05) is 0 Å². The Morgan fingerprint density at radius 3 is 2.85 bits per heavy atom. The van der Waals surface area contributed by atoms with Crippen molar-refractivity contribution in [3.63, 3.8) is 0 Å². The summed E-state index contributed by atoms with van der Waals surface area (Å²) >= 11 is 0. The van der Waals surface area contributed by atoms with Crippen molar-refractivity contribution in [1.29, 1.82) is 0 Å². The molecule has 0 saturated carbocycles. The second kappa shape index (κ2) is 2.54. The van der Waals surface area contributed by atoms with Crippen LogP contribution in [-0.2, 0) is 10.1 Å². The molecule has 0 aliphatic heterocycles. The van der Waals surface area contributed by atoms with Crippen LogP contribution in [-0.4, -0.2) is 23.2 Å². The molecule has 0 spiro atoms. The number of hydrogen-bond donors (Lipinski definition) is 2. The van der Waals surface area contributed by atoms with Crippen LogP contribution >= 0.6 is 0 Å². The van der Waals surface area contributed by atoms with E-state index in [1.165, 1.54) is 12.1 Å². The van der Waals surface area contributed by atoms with Gasteiger partial charge in [0.05, 0.1) is 16.6 Å². The zero-order valence-electron chi connectivity index (χ0n) is 6.43. The zero-order chi connectivity index (χ0) is 9.47. The summed E-state index contributed by atoms with van der Waals surface area (Å²) in [7, 11) is -4.12. The average Bonchev–Trinajstić information content (AvgIpc) is 2.47. The lowest BCUT2D eigenvalue weighted by Crippen LogP contribution is -1.97. The van der Waals surface area contributed by atoms with E-state index in [4.69, 9.17) is 4.55 Å². The maximum absolute atomic E-state index is 10.7. The highest BCUT2D eigenvalue weighted by Crippen LogP contribution is 2.15. The topological polar surface area (TPSA) is 83.1 Å². The fourth-order valence-electron chi connectivity index (χ4n) is 1.08. The molecule has 2 N–H and O–H groups in total. The summed E-state index contributed by atoms with van der Waals surface area (Å²) in [5, 5.41) is 7.13. The second-order valence-electron chi connectivity index (χ2n) is 2.59. The van der Waals surface area contributed by atoms with Crippen molar-refractivity contribution in [2.45, 2.75) is 4.90 Å². The van der Waals surface area contributed by atoms with Crippen molar-refractivity contribution in [2.24, 2.45) is 0 Å². The van der Waals surface area contributed by atoms with Crippen molar-refractivity contribution < 1.29 is 13.0 Å². The summed E-state index contributed by atoms with van der Waals surface area (Å²) in [6.07, 6.45) is 1.57. The molecule has 1 heterocycles. The summed E-state index contributed by atoms with van der Waals surface area (Å²) in [4.78, 5) is -0.135. The lowest BCUT2D eigenvalue weighted by Gasteiger charge is -1.95. The molecule has 0 bridgehead atoms. The van der Waals surface area contributed by atoms with Crippen LogP contribution in [0.25, 0.3) is 10.9 Å². The highest BCUT2D eigenvalue weighted by molar-refractivity contribution is 7.85. The molecule has 0 fully saturated rings. The van der Waals surface area contributed by atoms with Crippen LogP contribution in [0, 0.1) is 0 Å². The molecule has 0 aliphatic rings. The van der Waals surface area contributed by atoms with Gasteiger partial charge in [0.1, 0.15) is 0 Å². The SMILES string of the molecule is O=S(=O)(O)c1ccc2cn[nH]c2c1. The molecule has 13 heavy (non-hydrogen) atoms. The highest BCUT2D eigenvalue weighted by atomic mass is 32.2. The van der Waals surface area contributed by atoms with Crippen molar-refractivity contribution in [3.05, 3.63) is 24.4 Å². The van der Waals surface area contributed by atoms with Crippen molar-refractivity contribution in [3.8, 4) is 0 Å². The third kappa shape index (κ3) is 1.41. The maximum Gasteiger partial charge on any atom is 0.294 e. The van der Waals surface area contributed by atoms with E-state index in [2.05, 4.69) is 10.2 Å². The molecular formula is C7H6N2O3S. The van der Waals surface area contributed by atoms with E-state index in [-0.39, 0.29) is 4.90 Å². The third-order valence-electron chi connectivity index (χ3n) is 1.71. The third-order valence-corrected chi connectivity index (χ3v) is 2.56. The molecular weight excluding hydrogens is 192 g/mol. The van der Waals surface area contributed by atoms with E-state index in [9.17, 15) is 8.42 Å². The normalized spacial score (nSPS) is 12.1. The van der Waals surface area contributed by atoms with Gasteiger partial charge in [-0.25, -0.2) is 0 Å². The molecule has 0 atom stereocenters. The van der Waals surface area contributed by atoms with E-state index in [0.717, 1.165) is 5.39 Å². The Morgan fingerprint density at radius 2 is 2.15 bits per heavy atom. The number of nitrogens with zero attached hydrogens (tertiary/aromatic N) is 1. The molecule has 0 unspecified atom stereocenters. The minimum Gasteiger partial charge on any atom is -0.282 e. The Morgan fingerprint density at radius 1 is 1.38 bits per heavy atom. The predicted molar refractivity (Wildman–Crippen MR) is 45.9 cm³/mol. The first-order chi connectivity index (χ1) is 6.07. The molecule has 0 amide bonds. The van der Waals surface area contributed by atoms with Crippen molar-refractivity contribution in [2.75, 3.05) is 0 Å². The van der Waals surface area contributed by atoms with Gasteiger partial charge < -0.3 is 0 Å². The first-order valence-electron chi connectivity index (χ1n) is 3.48. The Bertz CT molecular complexity index is 544. The van der Waals surface area contributed by atoms with E-state index < -0.39 is 10.1 Å². The molecule has 1 aromatic heterocycles. The average molecular weight is 198 g/mol. The summed E-state index contributed by atoms with van der Waals surface area (Å²) in [5.74, 6) is 0. The predicted octanol–water partition coefficient (Wildman–Crippen LogP) is 0.810. The van der Waals surface area contributed by atoms with E-state index in [0.29, 0.717) is 5.52 Å². The number of hydrogen-bond acceptors (Lipinski definition) is 3. The molecule has 2 rings (SSSR count). The zero-order valence-corrected chi connectivity index (χ0v) is 7.25. The standard InChI is InChI=1S/C7H6N2O3S/c10-13(11,12)6-2-1-5-4-8-9-7(5)3-6/h1-4H,(H,8,9)(H,10,11,12). The van der Waals surface area contributed by atoms with E-state index >= 15 is 0 Å². The first-order valence-corrected chi connectivity index (χ1v) is 4.92. The monoisotopic (exact) mass is 198 g/mol. The largest absolute Gasteiger partial charge is 0.294 e. The second-order valence-corrected chi connectivity index (χ2v) is 4.02. The van der Waals surface area contributed by atoms with Gasteiger partial charge in [-0.3, -0.25) is 9.65 Å². The van der Waals surface area contributed by atoms with Gasteiger partial charge in [-0.1, -0.05) is 0 Å². The number of benzene rings is 1. The van der Waals surface area contributed by atoms with Gasteiger partial charge in [-0.15, -0.1) is 0 Å². The van der Waals surface area contributed by atoms with Crippen molar-refractivity contribution >= 4 is 21.0 Å². The lowest BCUT2D eigenvalue weighted by molar-refractivity contribution is 0.483. The van der Waals surface area contributed by atoms with Crippen molar-refractivity contribution in [1.82, 2.24) is 10.2 Å². The number of rotatable bonds is 1. The highest BCUT2D eigenvalue weighted by Gasteiger charge is 2.09. The van der Waals surface area contributed by atoms with Gasteiger partial charge in [0.2, 0.25) is 0 Å². The number of H-pyrrole nitrogens is 1. The lowest BCUT2D eigenvalue weighted by atomic mass is 10.3. The van der Waals surface area contributed by atoms with Crippen LogP contribution < -0.4 is 0 Å². The smallest absolute Gasteiger partial charge is 0.282 e. The van der Waals surface area contributed by atoms with Crippen LogP contribution in [0.5, 0.6) is 0 Å². The molecule has 1 aromatic carbocycles. The first kappa shape index (κ1) is 8.21. The number of fused-ring (bicyclic) bond motifs is 1. The van der Waals surface area contributed by atoms with Gasteiger partial charge in [-0.05, 0) is 18.2 Å². The molecule has 2 aromatic rings. The Labute approximate surface area is 74.1 Å². The van der Waals surface area contributed by atoms with Gasteiger partial charge in [0.25, 0.3) is 10.1 Å². The minimum atomic E-state index is -4.12. The van der Waals surface area contributed by atoms with Crippen LogP contribution in [0.4, 0.5) is 0 Å². The van der Waals surface area contributed by atoms with Crippen LogP contribution in [0.15, 0.2) is 29.3 Å². The summed E-state index contributed by atoms with van der Waals surface area (Å²) in [6.45, 7) is 0. The van der Waals surface area contributed by atoms with Gasteiger partial charge in [0.15, 0.2) is 0 Å². The number of aromatic nitrogens is 2. The van der Waals surface area contributed by atoms with Gasteiger partial charge in [-0.2, -0.15) is 13.5 Å². The Hall–Kier alpha value is -1.40. The van der Waals surface area contributed by atoms with Crippen LogP contribution in [0.1, 0.15) is 0 Å². The summed E-state index contributed by atoms with van der Waals surface area (Å²) in [5.41, 5.74) is 0.579. The molecule has 68 valence electrons. The van der Waals surface area contributed by atoms with Gasteiger partial charge >= 0.3 is 0 Å². The summed E-state index contributed by atoms with van der Waals surface area (Å²) in [6, 6.07) is 4.23. The van der Waals surface area contributed by atoms with Crippen LogP contribution in [0.3, 0.4) is 0 Å². The molecule has 5 nitrogen and oxygen atoms in total. The van der Waals surface area contributed by atoms with E-state index in [1.54, 1.807) is 12.3 Å². The minimum absolute atomic E-state index is 0.135. The molecule has 0 saturated heterocycles. The fourth-order valence-corrected chi connectivity index (χ4v) is 1.58. The molecule has 0 radical (unpaired) electrons. The number of nitrogens with one attached hydrogen (secondary N) is 1. The number of aromatic amines is 1. The molecule has 0 aliphatic carbocycles.